The molecule has 0 bridgehead atoms. The SMILES string of the molecule is O=C(Nc1ccc(C(=O)N2CCN(C(=O)[C@@H]3COc4ccccc4O3)CC2)cc1)c1ccco1. The number of hydrogen-bond acceptors (Lipinski definition) is 6. The minimum Gasteiger partial charge on any atom is -0.485 e. The molecule has 0 unspecified atom stereocenters. The monoisotopic (exact) mass is 461 g/mol. The largest absolute Gasteiger partial charge is 0.485 e. The van der Waals surface area contributed by atoms with E-state index in [-0.39, 0.29) is 30.1 Å². The average molecular weight is 461 g/mol. The van der Waals surface area contributed by atoms with Gasteiger partial charge >= 0.3 is 0 Å². The van der Waals surface area contributed by atoms with Crippen LogP contribution in [-0.4, -0.2) is 66.4 Å². The number of hydrogen-bond donors (Lipinski definition) is 1. The van der Waals surface area contributed by atoms with Crippen molar-refractivity contribution in [2.45, 2.75) is 6.10 Å². The van der Waals surface area contributed by atoms with Crippen LogP contribution in [0.2, 0.25) is 0 Å². The van der Waals surface area contributed by atoms with Crippen LogP contribution in [0.4, 0.5) is 5.69 Å². The molecule has 3 amide bonds. The van der Waals surface area contributed by atoms with Crippen molar-refractivity contribution < 1.29 is 28.3 Å². The van der Waals surface area contributed by atoms with E-state index < -0.39 is 6.10 Å². The quantitative estimate of drug-likeness (QED) is 0.641. The predicted octanol–water partition coefficient (Wildman–Crippen LogP) is 2.66. The maximum atomic E-state index is 12.9. The third-order valence-corrected chi connectivity index (χ3v) is 5.80. The number of furan rings is 1. The number of carbonyl (C=O) groups excluding carboxylic acids is 3. The Bertz CT molecular complexity index is 1180. The molecule has 2 aliphatic heterocycles. The molecule has 0 aliphatic carbocycles. The highest BCUT2D eigenvalue weighted by Crippen LogP contribution is 2.31. The van der Waals surface area contributed by atoms with Crippen LogP contribution in [0, 0.1) is 0 Å². The lowest BCUT2D eigenvalue weighted by molar-refractivity contribution is -0.142. The Morgan fingerprint density at radius 3 is 2.24 bits per heavy atom. The van der Waals surface area contributed by atoms with Crippen LogP contribution in [0.25, 0.3) is 0 Å². The number of amides is 3. The van der Waals surface area contributed by atoms with E-state index >= 15 is 0 Å². The van der Waals surface area contributed by atoms with Gasteiger partial charge in [-0.1, -0.05) is 12.1 Å². The fraction of sp³-hybridized carbons (Fsp3) is 0.240. The van der Waals surface area contributed by atoms with Gasteiger partial charge in [0.25, 0.3) is 17.7 Å². The molecule has 0 radical (unpaired) electrons. The van der Waals surface area contributed by atoms with Crippen LogP contribution in [0.1, 0.15) is 20.9 Å². The average Bonchev–Trinajstić information content (AvgIpc) is 3.43. The standard InChI is InChI=1S/C25H23N3O6/c29-23(21-6-3-15-32-21)26-18-9-7-17(8-10-18)24(30)27-11-13-28(14-12-27)25(31)22-16-33-19-4-1-2-5-20(19)34-22/h1-10,15,22H,11-14,16H2,(H,26,29)/t22-/m0/s1. The summed E-state index contributed by atoms with van der Waals surface area (Å²) in [6, 6.07) is 17.2. The summed E-state index contributed by atoms with van der Waals surface area (Å²) in [4.78, 5) is 41.3. The molecule has 9 heteroatoms. The lowest BCUT2D eigenvalue weighted by Crippen LogP contribution is -2.55. The molecular formula is C25H23N3O6. The molecule has 0 spiro atoms. The highest BCUT2D eigenvalue weighted by atomic mass is 16.6. The molecule has 1 aromatic heterocycles. The second kappa shape index (κ2) is 9.30. The first kappa shape index (κ1) is 21.6. The highest BCUT2D eigenvalue weighted by molar-refractivity contribution is 6.02. The maximum absolute atomic E-state index is 12.9. The topological polar surface area (TPSA) is 101 Å². The Morgan fingerprint density at radius 2 is 1.53 bits per heavy atom. The van der Waals surface area contributed by atoms with Crippen molar-refractivity contribution in [2.24, 2.45) is 0 Å². The molecule has 1 N–H and O–H groups in total. The van der Waals surface area contributed by atoms with E-state index in [0.717, 1.165) is 0 Å². The molecule has 34 heavy (non-hydrogen) atoms. The molecule has 3 heterocycles. The summed E-state index contributed by atoms with van der Waals surface area (Å²) in [6.07, 6.45) is 0.736. The number of piperazine rings is 1. The summed E-state index contributed by atoms with van der Waals surface area (Å²) >= 11 is 0. The van der Waals surface area contributed by atoms with E-state index in [9.17, 15) is 14.4 Å². The number of nitrogens with one attached hydrogen (secondary N) is 1. The van der Waals surface area contributed by atoms with Gasteiger partial charge in [0.1, 0.15) is 6.61 Å². The molecule has 3 aromatic rings. The van der Waals surface area contributed by atoms with Gasteiger partial charge < -0.3 is 29.0 Å². The van der Waals surface area contributed by atoms with Crippen LogP contribution in [0.3, 0.4) is 0 Å². The van der Waals surface area contributed by atoms with E-state index in [4.69, 9.17) is 13.9 Å². The first-order chi connectivity index (χ1) is 16.6. The Labute approximate surface area is 195 Å². The van der Waals surface area contributed by atoms with E-state index in [1.807, 2.05) is 12.1 Å². The number of para-hydroxylation sites is 2. The van der Waals surface area contributed by atoms with Crippen LogP contribution in [0.5, 0.6) is 11.5 Å². The van der Waals surface area contributed by atoms with Gasteiger partial charge in [0.2, 0.25) is 6.10 Å². The molecule has 1 saturated heterocycles. The normalized spacial score (nSPS) is 17.2. The van der Waals surface area contributed by atoms with Crippen LogP contribution in [-0.2, 0) is 4.79 Å². The number of fused-ring (bicyclic) bond motifs is 1. The summed E-state index contributed by atoms with van der Waals surface area (Å²) in [7, 11) is 0. The van der Waals surface area contributed by atoms with Crippen molar-refractivity contribution in [2.75, 3.05) is 38.1 Å². The van der Waals surface area contributed by atoms with Crippen LogP contribution < -0.4 is 14.8 Å². The van der Waals surface area contributed by atoms with Crippen LogP contribution in [0.15, 0.2) is 71.3 Å². The van der Waals surface area contributed by atoms with Crippen molar-refractivity contribution in [1.82, 2.24) is 9.80 Å². The smallest absolute Gasteiger partial charge is 0.291 e. The zero-order chi connectivity index (χ0) is 23.5. The summed E-state index contributed by atoms with van der Waals surface area (Å²) in [5.41, 5.74) is 1.07. The molecular weight excluding hydrogens is 438 g/mol. The van der Waals surface area contributed by atoms with E-state index in [1.165, 1.54) is 6.26 Å². The molecule has 2 aromatic carbocycles. The minimum absolute atomic E-state index is 0.123. The molecule has 1 atom stereocenters. The summed E-state index contributed by atoms with van der Waals surface area (Å²) in [6.45, 7) is 1.85. The van der Waals surface area contributed by atoms with Crippen LogP contribution >= 0.6 is 0 Å². The van der Waals surface area contributed by atoms with Gasteiger partial charge in [-0.15, -0.1) is 0 Å². The van der Waals surface area contributed by atoms with Gasteiger partial charge in [0.15, 0.2) is 17.3 Å². The number of ether oxygens (including phenoxy) is 2. The zero-order valence-corrected chi connectivity index (χ0v) is 18.3. The van der Waals surface area contributed by atoms with Crippen molar-refractivity contribution in [3.63, 3.8) is 0 Å². The van der Waals surface area contributed by atoms with Gasteiger partial charge in [-0.3, -0.25) is 14.4 Å². The minimum atomic E-state index is -0.693. The summed E-state index contributed by atoms with van der Waals surface area (Å²) in [5.74, 6) is 0.779. The van der Waals surface area contributed by atoms with Gasteiger partial charge in [-0.05, 0) is 48.5 Å². The molecule has 2 aliphatic rings. The van der Waals surface area contributed by atoms with Gasteiger partial charge in [0.05, 0.1) is 6.26 Å². The summed E-state index contributed by atoms with van der Waals surface area (Å²) in [5, 5.41) is 2.72. The molecule has 0 saturated carbocycles. The Balaban J connectivity index is 1.14. The van der Waals surface area contributed by atoms with Gasteiger partial charge in [-0.25, -0.2) is 0 Å². The molecule has 1 fully saturated rings. The first-order valence-corrected chi connectivity index (χ1v) is 11.0. The fourth-order valence-corrected chi connectivity index (χ4v) is 3.95. The number of carbonyl (C=O) groups is 3. The van der Waals surface area contributed by atoms with Gasteiger partial charge in [0, 0.05) is 37.4 Å². The lowest BCUT2D eigenvalue weighted by atomic mass is 10.1. The summed E-state index contributed by atoms with van der Waals surface area (Å²) < 4.78 is 16.5. The van der Waals surface area contributed by atoms with E-state index in [1.54, 1.807) is 58.3 Å². The van der Waals surface area contributed by atoms with Crippen molar-refractivity contribution in [1.29, 1.82) is 0 Å². The second-order valence-electron chi connectivity index (χ2n) is 7.99. The maximum Gasteiger partial charge on any atom is 0.291 e. The van der Waals surface area contributed by atoms with Gasteiger partial charge in [-0.2, -0.15) is 0 Å². The predicted molar refractivity (Wildman–Crippen MR) is 122 cm³/mol. The number of benzene rings is 2. The highest BCUT2D eigenvalue weighted by Gasteiger charge is 2.33. The Hall–Kier alpha value is -4.27. The number of anilines is 1. The molecule has 5 rings (SSSR count). The third kappa shape index (κ3) is 4.45. The Morgan fingerprint density at radius 1 is 0.824 bits per heavy atom. The number of nitrogens with zero attached hydrogens (tertiary/aromatic N) is 2. The number of rotatable bonds is 4. The third-order valence-electron chi connectivity index (χ3n) is 5.80. The fourth-order valence-electron chi connectivity index (χ4n) is 3.95. The second-order valence-corrected chi connectivity index (χ2v) is 7.99. The first-order valence-electron chi connectivity index (χ1n) is 11.0. The van der Waals surface area contributed by atoms with Crippen molar-refractivity contribution in [3.8, 4) is 11.5 Å². The molecule has 174 valence electrons. The molecule has 9 nitrogen and oxygen atoms in total. The zero-order valence-electron chi connectivity index (χ0n) is 18.3. The van der Waals surface area contributed by atoms with Crippen molar-refractivity contribution >= 4 is 23.4 Å². The lowest BCUT2D eigenvalue weighted by Gasteiger charge is -2.37. The van der Waals surface area contributed by atoms with E-state index in [2.05, 4.69) is 5.32 Å². The Kier molecular flexibility index (Phi) is 5.90. The van der Waals surface area contributed by atoms with Crippen molar-refractivity contribution in [3.05, 3.63) is 78.3 Å². The van der Waals surface area contributed by atoms with E-state index in [0.29, 0.717) is 48.9 Å².